The molecule has 0 bridgehead atoms. The van der Waals surface area contributed by atoms with E-state index in [1.807, 2.05) is 41.8 Å². The van der Waals surface area contributed by atoms with Crippen LogP contribution in [0.3, 0.4) is 0 Å². The molecule has 2 aromatic carbocycles. The van der Waals surface area contributed by atoms with Crippen LogP contribution in [0.2, 0.25) is 0 Å². The maximum atomic E-state index is 13.5. The highest BCUT2D eigenvalue weighted by Crippen LogP contribution is 2.25. The highest BCUT2D eigenvalue weighted by molar-refractivity contribution is 7.09. The minimum absolute atomic E-state index is 0.0979. The third-order valence-electron chi connectivity index (χ3n) is 4.61. The Hall–Kier alpha value is -3.45. The van der Waals surface area contributed by atoms with Gasteiger partial charge >= 0.3 is 0 Å². The lowest BCUT2D eigenvalue weighted by molar-refractivity contribution is 0.0688. The van der Waals surface area contributed by atoms with E-state index in [0.29, 0.717) is 30.1 Å². The molecule has 1 amide bonds. The van der Waals surface area contributed by atoms with Crippen LogP contribution in [0, 0.1) is 5.82 Å². The number of methoxy groups -OCH3 is 1. The van der Waals surface area contributed by atoms with Crippen molar-refractivity contribution >= 4 is 17.2 Å². The monoisotopic (exact) mass is 422 g/mol. The summed E-state index contributed by atoms with van der Waals surface area (Å²) in [6.07, 6.45) is 0. The molecule has 2 aromatic heterocycles. The molecule has 152 valence electrons. The zero-order valence-corrected chi connectivity index (χ0v) is 17.1. The number of para-hydroxylation sites is 1. The van der Waals surface area contributed by atoms with E-state index in [2.05, 4.69) is 5.16 Å². The predicted molar refractivity (Wildman–Crippen MR) is 113 cm³/mol. The SMILES string of the molecule is COc1ccccc1CN(Cc1cccs1)C(=O)c1cc(-c2cccc(F)c2)no1. The summed E-state index contributed by atoms with van der Waals surface area (Å²) in [7, 11) is 1.60. The molecule has 0 radical (unpaired) electrons. The standard InChI is InChI=1S/C23H19FN2O3S/c1-28-21-10-3-2-6-17(21)14-26(15-19-9-5-11-30-19)23(27)22-13-20(25-29-22)16-7-4-8-18(24)12-16/h2-13H,14-15H2,1H3. The fourth-order valence-corrected chi connectivity index (χ4v) is 3.86. The number of amides is 1. The number of carbonyl (C=O) groups is 1. The van der Waals surface area contributed by atoms with Crippen LogP contribution in [0.15, 0.2) is 76.6 Å². The van der Waals surface area contributed by atoms with Gasteiger partial charge in [0.1, 0.15) is 17.3 Å². The van der Waals surface area contributed by atoms with Gasteiger partial charge in [-0.1, -0.05) is 41.6 Å². The van der Waals surface area contributed by atoms with Gasteiger partial charge in [-0.25, -0.2) is 4.39 Å². The second kappa shape index (κ2) is 8.92. The summed E-state index contributed by atoms with van der Waals surface area (Å²) < 4.78 is 24.3. The van der Waals surface area contributed by atoms with Crippen molar-refractivity contribution in [3.05, 3.63) is 94.1 Å². The number of benzene rings is 2. The van der Waals surface area contributed by atoms with Crippen LogP contribution in [-0.2, 0) is 13.1 Å². The van der Waals surface area contributed by atoms with Crippen LogP contribution >= 0.6 is 11.3 Å². The summed E-state index contributed by atoms with van der Waals surface area (Å²) >= 11 is 1.57. The minimum Gasteiger partial charge on any atom is -0.496 e. The molecule has 2 heterocycles. The second-order valence-electron chi connectivity index (χ2n) is 6.64. The van der Waals surface area contributed by atoms with Gasteiger partial charge in [0.15, 0.2) is 0 Å². The molecule has 0 unspecified atom stereocenters. The third kappa shape index (κ3) is 4.41. The number of hydrogen-bond acceptors (Lipinski definition) is 5. The number of carbonyl (C=O) groups excluding carboxylic acids is 1. The Morgan fingerprint density at radius 2 is 1.97 bits per heavy atom. The summed E-state index contributed by atoms with van der Waals surface area (Å²) in [6.45, 7) is 0.765. The first kappa shape index (κ1) is 19.8. The van der Waals surface area contributed by atoms with Crippen LogP contribution in [0.1, 0.15) is 21.0 Å². The zero-order valence-electron chi connectivity index (χ0n) is 16.2. The first-order valence-electron chi connectivity index (χ1n) is 9.30. The molecule has 0 aliphatic carbocycles. The van der Waals surface area contributed by atoms with Gasteiger partial charge in [0, 0.05) is 22.1 Å². The van der Waals surface area contributed by atoms with E-state index in [1.165, 1.54) is 12.1 Å². The smallest absolute Gasteiger partial charge is 0.293 e. The number of hydrogen-bond donors (Lipinski definition) is 0. The first-order valence-corrected chi connectivity index (χ1v) is 10.2. The van der Waals surface area contributed by atoms with Gasteiger partial charge in [0.25, 0.3) is 5.91 Å². The van der Waals surface area contributed by atoms with Crippen LogP contribution in [0.5, 0.6) is 5.75 Å². The minimum atomic E-state index is -0.376. The van der Waals surface area contributed by atoms with Crippen molar-refractivity contribution in [1.29, 1.82) is 0 Å². The topological polar surface area (TPSA) is 55.6 Å². The van der Waals surface area contributed by atoms with E-state index in [-0.39, 0.29) is 17.5 Å². The Morgan fingerprint density at radius 1 is 1.10 bits per heavy atom. The number of halogens is 1. The maximum absolute atomic E-state index is 13.5. The van der Waals surface area contributed by atoms with Gasteiger partial charge in [-0.3, -0.25) is 4.79 Å². The molecule has 4 aromatic rings. The fourth-order valence-electron chi connectivity index (χ4n) is 3.15. The Labute approximate surface area is 177 Å². The van der Waals surface area contributed by atoms with Crippen molar-refractivity contribution in [2.75, 3.05) is 7.11 Å². The van der Waals surface area contributed by atoms with Crippen molar-refractivity contribution < 1.29 is 18.4 Å². The number of ether oxygens (including phenoxy) is 1. The Kier molecular flexibility index (Phi) is 5.90. The summed E-state index contributed by atoms with van der Waals surface area (Å²) in [5.41, 5.74) is 1.84. The lowest BCUT2D eigenvalue weighted by atomic mass is 10.1. The lowest BCUT2D eigenvalue weighted by Crippen LogP contribution is -2.29. The fraction of sp³-hybridized carbons (Fsp3) is 0.130. The molecule has 0 aliphatic heterocycles. The highest BCUT2D eigenvalue weighted by atomic mass is 32.1. The van der Waals surface area contributed by atoms with Crippen molar-refractivity contribution in [1.82, 2.24) is 10.1 Å². The van der Waals surface area contributed by atoms with Gasteiger partial charge in [-0.2, -0.15) is 0 Å². The van der Waals surface area contributed by atoms with Crippen LogP contribution in [0.4, 0.5) is 4.39 Å². The molecule has 30 heavy (non-hydrogen) atoms. The molecule has 0 saturated heterocycles. The molecular weight excluding hydrogens is 403 g/mol. The lowest BCUT2D eigenvalue weighted by Gasteiger charge is -2.22. The van der Waals surface area contributed by atoms with E-state index >= 15 is 0 Å². The Bertz CT molecular complexity index is 1140. The van der Waals surface area contributed by atoms with Crippen molar-refractivity contribution in [3.8, 4) is 17.0 Å². The van der Waals surface area contributed by atoms with Crippen molar-refractivity contribution in [3.63, 3.8) is 0 Å². The van der Waals surface area contributed by atoms with Crippen molar-refractivity contribution in [2.45, 2.75) is 13.1 Å². The highest BCUT2D eigenvalue weighted by Gasteiger charge is 2.23. The Balaban J connectivity index is 1.62. The third-order valence-corrected chi connectivity index (χ3v) is 5.47. The quantitative estimate of drug-likeness (QED) is 0.401. The molecular formula is C23H19FN2O3S. The molecule has 0 fully saturated rings. The van der Waals surface area contributed by atoms with Crippen molar-refractivity contribution in [2.24, 2.45) is 0 Å². The first-order chi connectivity index (χ1) is 14.6. The largest absolute Gasteiger partial charge is 0.496 e. The number of nitrogens with zero attached hydrogens (tertiary/aromatic N) is 2. The van der Waals surface area contributed by atoms with E-state index in [4.69, 9.17) is 9.26 Å². The van der Waals surface area contributed by atoms with Gasteiger partial charge in [-0.15, -0.1) is 11.3 Å². The Morgan fingerprint density at radius 3 is 2.73 bits per heavy atom. The molecule has 0 saturated carbocycles. The average molecular weight is 422 g/mol. The molecule has 0 atom stereocenters. The maximum Gasteiger partial charge on any atom is 0.293 e. The molecule has 5 nitrogen and oxygen atoms in total. The van der Waals surface area contributed by atoms with E-state index < -0.39 is 0 Å². The second-order valence-corrected chi connectivity index (χ2v) is 7.67. The van der Waals surface area contributed by atoms with E-state index in [1.54, 1.807) is 41.5 Å². The average Bonchev–Trinajstić information content (AvgIpc) is 3.45. The molecule has 7 heteroatoms. The molecule has 0 aliphatic rings. The number of thiophene rings is 1. The molecule has 0 spiro atoms. The van der Waals surface area contributed by atoms with Crippen LogP contribution < -0.4 is 4.74 Å². The number of aromatic nitrogens is 1. The van der Waals surface area contributed by atoms with Gasteiger partial charge in [0.2, 0.25) is 5.76 Å². The van der Waals surface area contributed by atoms with Gasteiger partial charge < -0.3 is 14.2 Å². The number of rotatable bonds is 7. The molecule has 0 N–H and O–H groups in total. The van der Waals surface area contributed by atoms with Crippen LogP contribution in [0.25, 0.3) is 11.3 Å². The van der Waals surface area contributed by atoms with Crippen LogP contribution in [-0.4, -0.2) is 23.1 Å². The van der Waals surface area contributed by atoms with E-state index in [9.17, 15) is 9.18 Å². The predicted octanol–water partition coefficient (Wildman–Crippen LogP) is 5.39. The van der Waals surface area contributed by atoms with Gasteiger partial charge in [0.05, 0.1) is 20.2 Å². The summed E-state index contributed by atoms with van der Waals surface area (Å²) in [5, 5.41) is 5.93. The summed E-state index contributed by atoms with van der Waals surface area (Å²) in [6, 6.07) is 19.0. The molecule has 4 rings (SSSR count). The summed E-state index contributed by atoms with van der Waals surface area (Å²) in [5.74, 6) is 0.128. The van der Waals surface area contributed by atoms with E-state index in [0.717, 1.165) is 10.4 Å². The normalized spacial score (nSPS) is 10.7. The zero-order chi connectivity index (χ0) is 20.9. The van der Waals surface area contributed by atoms with Gasteiger partial charge in [-0.05, 0) is 29.6 Å². The summed E-state index contributed by atoms with van der Waals surface area (Å²) in [4.78, 5) is 16.0.